The van der Waals surface area contributed by atoms with Gasteiger partial charge in [0, 0.05) is 0 Å². The van der Waals surface area contributed by atoms with Crippen LogP contribution in [-0.4, -0.2) is 14.4 Å². The monoisotopic (exact) mass is 207 g/mol. The highest BCUT2D eigenvalue weighted by Crippen LogP contribution is 2.50. The van der Waals surface area contributed by atoms with E-state index in [-0.39, 0.29) is 0 Å². The van der Waals surface area contributed by atoms with E-state index in [2.05, 4.69) is 14.4 Å². The first-order valence-corrected chi connectivity index (χ1v) is 6.84. The first-order chi connectivity index (χ1) is 7.47. The van der Waals surface area contributed by atoms with Gasteiger partial charge in [-0.3, -0.25) is 0 Å². The Morgan fingerprint density at radius 2 is 1.07 bits per heavy atom. The fourth-order valence-electron chi connectivity index (χ4n) is 3.97. The maximum Gasteiger partial charge on any atom is 0.0949 e. The molecule has 2 atom stereocenters. The molecular formula is C12H21N3. The van der Waals surface area contributed by atoms with Gasteiger partial charge >= 0.3 is 0 Å². The lowest BCUT2D eigenvalue weighted by atomic mass is 9.89. The Balaban J connectivity index is 1.55. The first kappa shape index (κ1) is 8.54. The van der Waals surface area contributed by atoms with Gasteiger partial charge in [0.15, 0.2) is 0 Å². The van der Waals surface area contributed by atoms with Crippen LogP contribution in [0.5, 0.6) is 0 Å². The molecule has 0 spiro atoms. The van der Waals surface area contributed by atoms with Gasteiger partial charge < -0.3 is 0 Å². The van der Waals surface area contributed by atoms with Gasteiger partial charge in [0.1, 0.15) is 0 Å². The highest BCUT2D eigenvalue weighted by Gasteiger charge is 2.49. The minimum absolute atomic E-state index is 0.865. The van der Waals surface area contributed by atoms with Crippen molar-refractivity contribution < 1.29 is 0 Å². The lowest BCUT2D eigenvalue weighted by molar-refractivity contribution is 0.153. The molecule has 84 valence electrons. The van der Waals surface area contributed by atoms with Gasteiger partial charge in [-0.05, 0) is 25.7 Å². The van der Waals surface area contributed by atoms with E-state index < -0.39 is 0 Å². The number of fused-ring (bicyclic) bond motifs is 4. The topological polar surface area (TPSA) is 14.8 Å². The Kier molecular flexibility index (Phi) is 1.68. The molecule has 0 saturated heterocycles. The van der Waals surface area contributed by atoms with Crippen LogP contribution >= 0.6 is 0 Å². The van der Waals surface area contributed by atoms with Crippen molar-refractivity contribution in [3.8, 4) is 0 Å². The Morgan fingerprint density at radius 1 is 0.533 bits per heavy atom. The Labute approximate surface area is 91.0 Å². The first-order valence-electron chi connectivity index (χ1n) is 6.84. The highest BCUT2D eigenvalue weighted by molar-refractivity contribution is 4.96. The Bertz CT molecular complexity index is 326. The van der Waals surface area contributed by atoms with Crippen molar-refractivity contribution in [3.63, 3.8) is 0 Å². The summed E-state index contributed by atoms with van der Waals surface area (Å²) in [6.45, 7) is 0. The molecule has 0 N–H and O–H groups in total. The maximum absolute atomic E-state index is 2.61. The lowest BCUT2D eigenvalue weighted by Gasteiger charge is -2.32. The molecule has 2 saturated carbocycles. The van der Waals surface area contributed by atoms with Gasteiger partial charge in [-0.25, -0.2) is 0 Å². The number of rotatable bonds is 1. The molecule has 15 heavy (non-hydrogen) atoms. The zero-order valence-corrected chi connectivity index (χ0v) is 9.44. The highest BCUT2D eigenvalue weighted by atomic mass is 16.0. The molecule has 0 aromatic carbocycles. The van der Waals surface area contributed by atoms with Gasteiger partial charge in [-0.1, -0.05) is 32.1 Å². The summed E-state index contributed by atoms with van der Waals surface area (Å²) in [6, 6.07) is 2.67. The number of hydrogen-bond donors (Lipinski definition) is 0. The molecule has 2 aliphatic carbocycles. The Hall–Kier alpha value is -0.600. The van der Waals surface area contributed by atoms with Crippen LogP contribution in [0.1, 0.15) is 75.9 Å². The van der Waals surface area contributed by atoms with Crippen LogP contribution in [0.15, 0.2) is 0 Å². The van der Waals surface area contributed by atoms with Crippen molar-refractivity contribution in [1.29, 1.82) is 0 Å². The minimum Gasteiger partial charge on any atom is -0.190 e. The van der Waals surface area contributed by atoms with Gasteiger partial charge in [0.05, 0.1) is 18.1 Å². The van der Waals surface area contributed by atoms with Crippen molar-refractivity contribution >= 4 is 0 Å². The molecule has 1 aromatic rings. The van der Waals surface area contributed by atoms with Crippen LogP contribution in [0.2, 0.25) is 0 Å². The molecule has 2 unspecified atom stereocenters. The van der Waals surface area contributed by atoms with E-state index in [9.17, 15) is 0 Å². The van der Waals surface area contributed by atoms with E-state index in [0.717, 1.165) is 18.1 Å². The lowest BCUT2D eigenvalue weighted by Crippen LogP contribution is -2.30. The number of aromatic nitrogens is 3. The maximum atomic E-state index is 2.61. The van der Waals surface area contributed by atoms with Crippen molar-refractivity contribution in [2.24, 2.45) is 0 Å². The summed E-state index contributed by atoms with van der Waals surface area (Å²) >= 11 is 0. The smallest absolute Gasteiger partial charge is 0.0949 e. The van der Waals surface area contributed by atoms with E-state index >= 15 is 0 Å². The summed E-state index contributed by atoms with van der Waals surface area (Å²) in [5, 5.41) is 0. The third-order valence-corrected chi connectivity index (χ3v) is 4.79. The number of nitrogens with zero attached hydrogens (tertiary/aromatic N) is 3. The van der Waals surface area contributed by atoms with E-state index in [1.807, 2.05) is 0 Å². The number of hydrogen-bond acceptors (Lipinski definition) is 0. The second-order valence-corrected chi connectivity index (χ2v) is 5.67. The largest absolute Gasteiger partial charge is 0.190 e. The average Bonchev–Trinajstić information content (AvgIpc) is 2.96. The minimum atomic E-state index is 0.865. The molecule has 0 bridgehead atoms. The zero-order valence-electron chi connectivity index (χ0n) is 9.44. The molecule has 3 nitrogen and oxygen atoms in total. The molecule has 1 aromatic heterocycles. The SMILES string of the molecule is C1CCC(n2n3n2C2CCCCC23)CC1. The molecule has 1 aliphatic heterocycles. The molecular weight excluding hydrogens is 186 g/mol. The van der Waals surface area contributed by atoms with Crippen molar-refractivity contribution in [2.75, 3.05) is 0 Å². The van der Waals surface area contributed by atoms with E-state index in [1.54, 1.807) is 0 Å². The fraction of sp³-hybridized carbons (Fsp3) is 1.00. The van der Waals surface area contributed by atoms with Crippen LogP contribution in [0.3, 0.4) is 0 Å². The van der Waals surface area contributed by atoms with Gasteiger partial charge in [-0.15, -0.1) is 0 Å². The summed E-state index contributed by atoms with van der Waals surface area (Å²) in [4.78, 5) is 7.75. The quantitative estimate of drug-likeness (QED) is 0.671. The predicted molar refractivity (Wildman–Crippen MR) is 59.1 cm³/mol. The van der Waals surface area contributed by atoms with Crippen LogP contribution in [0, 0.1) is 0 Å². The third-order valence-electron chi connectivity index (χ3n) is 4.79. The van der Waals surface area contributed by atoms with Crippen LogP contribution in [0.4, 0.5) is 0 Å². The molecule has 4 rings (SSSR count). The summed E-state index contributed by atoms with van der Waals surface area (Å²) in [5.74, 6) is 0. The zero-order chi connectivity index (χ0) is 9.83. The van der Waals surface area contributed by atoms with E-state index in [1.165, 1.54) is 57.8 Å². The summed E-state index contributed by atoms with van der Waals surface area (Å²) in [5.41, 5.74) is 0. The third kappa shape index (κ3) is 1.07. The molecule has 2 heterocycles. The normalized spacial score (nSPS) is 36.0. The van der Waals surface area contributed by atoms with Crippen LogP contribution in [-0.2, 0) is 0 Å². The van der Waals surface area contributed by atoms with Crippen LogP contribution < -0.4 is 0 Å². The summed E-state index contributed by atoms with van der Waals surface area (Å²) in [6.07, 6.45) is 13.1. The van der Waals surface area contributed by atoms with Crippen LogP contribution in [0.25, 0.3) is 0 Å². The summed E-state index contributed by atoms with van der Waals surface area (Å²) in [7, 11) is 0. The van der Waals surface area contributed by atoms with Gasteiger partial charge in [0.25, 0.3) is 0 Å². The second-order valence-electron chi connectivity index (χ2n) is 5.67. The Morgan fingerprint density at radius 3 is 1.67 bits per heavy atom. The van der Waals surface area contributed by atoms with E-state index in [0.29, 0.717) is 0 Å². The average molecular weight is 207 g/mol. The molecule has 0 radical (unpaired) electrons. The fourth-order valence-corrected chi connectivity index (χ4v) is 3.97. The summed E-state index contributed by atoms with van der Waals surface area (Å²) < 4.78 is 0. The van der Waals surface area contributed by atoms with Gasteiger partial charge in [0.2, 0.25) is 0 Å². The predicted octanol–water partition coefficient (Wildman–Crippen LogP) is 3.27. The molecule has 0 amide bonds. The van der Waals surface area contributed by atoms with E-state index in [4.69, 9.17) is 0 Å². The molecule has 2 fully saturated rings. The van der Waals surface area contributed by atoms with Crippen molar-refractivity contribution in [1.82, 2.24) is 14.4 Å². The molecule has 3 aliphatic rings. The molecule has 3 heteroatoms. The van der Waals surface area contributed by atoms with Crippen molar-refractivity contribution in [3.05, 3.63) is 0 Å². The second kappa shape index (κ2) is 2.96. The standard InChI is InChI=1S/C12H21N3/c1-2-6-10(7-3-1)13-14-11-8-4-5-9-12(11)15(13)14/h10-12H,1-9H2. The van der Waals surface area contributed by atoms with Crippen molar-refractivity contribution in [2.45, 2.75) is 75.9 Å². The van der Waals surface area contributed by atoms with Gasteiger partial charge in [-0.2, -0.15) is 14.4 Å².